The average molecular weight is 801 g/mol. The van der Waals surface area contributed by atoms with Crippen LogP contribution in [0.5, 0.6) is 5.75 Å². The van der Waals surface area contributed by atoms with Gasteiger partial charge in [0.05, 0.1) is 33.7 Å². The Morgan fingerprint density at radius 3 is 2.53 bits per heavy atom. The van der Waals surface area contributed by atoms with Crippen molar-refractivity contribution in [3.05, 3.63) is 113 Å². The van der Waals surface area contributed by atoms with Crippen LogP contribution in [0.15, 0.2) is 91.0 Å². The highest BCUT2D eigenvalue weighted by molar-refractivity contribution is 7.22. The maximum atomic E-state index is 15.2. The number of benzene rings is 3. The first-order valence-electron chi connectivity index (χ1n) is 18.8. The van der Waals surface area contributed by atoms with Crippen LogP contribution in [-0.2, 0) is 32.6 Å². The van der Waals surface area contributed by atoms with Crippen LogP contribution in [-0.4, -0.2) is 55.7 Å². The van der Waals surface area contributed by atoms with E-state index >= 15 is 4.79 Å². The van der Waals surface area contributed by atoms with E-state index in [1.165, 1.54) is 21.7 Å². The van der Waals surface area contributed by atoms with Crippen molar-refractivity contribution >= 4 is 80.7 Å². The summed E-state index contributed by atoms with van der Waals surface area (Å²) in [7, 11) is -0.104. The van der Waals surface area contributed by atoms with E-state index in [-0.39, 0.29) is 29.7 Å². The SMILES string of the molecule is C=CCc1cccc([C@H]2C3=CC[C@@H]4C(=O)N(c5cccc(B(O)O)c5)C(=O)[C@@H]4[C@@H]3C[C@H]3C(=O)N(c4cc(-c5sc6ccc(Cl)cc6c5C)nn4C)C(=O)[C@@]23C)c1O. The number of nitrogens with zero attached hydrogens (tertiary/aromatic N) is 4. The fourth-order valence-electron chi connectivity index (χ4n) is 10.0. The van der Waals surface area contributed by atoms with Gasteiger partial charge in [0.25, 0.3) is 0 Å². The molecule has 4 aliphatic rings. The van der Waals surface area contributed by atoms with Crippen molar-refractivity contribution in [1.29, 1.82) is 0 Å². The van der Waals surface area contributed by atoms with E-state index in [0.29, 0.717) is 34.1 Å². The van der Waals surface area contributed by atoms with E-state index in [1.807, 2.05) is 37.3 Å². The van der Waals surface area contributed by atoms with Gasteiger partial charge in [0.2, 0.25) is 23.6 Å². The molecule has 4 amide bonds. The Morgan fingerprint density at radius 1 is 1.00 bits per heavy atom. The molecule has 6 atom stereocenters. The number of imide groups is 2. The molecule has 0 bridgehead atoms. The minimum Gasteiger partial charge on any atom is -0.507 e. The summed E-state index contributed by atoms with van der Waals surface area (Å²) in [5.41, 5.74) is 2.34. The molecule has 4 heterocycles. The number of carbonyl (C=O) groups excluding carboxylic acids is 4. The summed E-state index contributed by atoms with van der Waals surface area (Å²) in [6.07, 6.45) is 4.31. The van der Waals surface area contributed by atoms with E-state index in [2.05, 4.69) is 6.58 Å². The molecule has 288 valence electrons. The number of thiophene rings is 1. The van der Waals surface area contributed by atoms with Gasteiger partial charge in [-0.05, 0) is 91.3 Å². The molecular weight excluding hydrogens is 763 g/mol. The number of rotatable bonds is 7. The number of phenols is 1. The highest BCUT2D eigenvalue weighted by Crippen LogP contribution is 2.64. The summed E-state index contributed by atoms with van der Waals surface area (Å²) in [6, 6.07) is 18.8. The van der Waals surface area contributed by atoms with E-state index in [9.17, 15) is 29.5 Å². The lowest BCUT2D eigenvalue weighted by molar-refractivity contribution is -0.131. The van der Waals surface area contributed by atoms with Crippen molar-refractivity contribution in [2.45, 2.75) is 39.0 Å². The Kier molecular flexibility index (Phi) is 8.74. The predicted molar refractivity (Wildman–Crippen MR) is 219 cm³/mol. The van der Waals surface area contributed by atoms with Crippen LogP contribution < -0.4 is 15.3 Å². The predicted octanol–water partition coefficient (Wildman–Crippen LogP) is 5.81. The Labute approximate surface area is 337 Å². The summed E-state index contributed by atoms with van der Waals surface area (Å²) in [5.74, 6) is -5.41. The number of allylic oxidation sites excluding steroid dienone is 3. The number of anilines is 2. The van der Waals surface area contributed by atoms with Crippen molar-refractivity contribution in [2.75, 3.05) is 9.80 Å². The van der Waals surface area contributed by atoms with E-state index < -0.39 is 65.8 Å². The fraction of sp³-hybridized carbons (Fsp3) is 0.279. The number of aryl methyl sites for hydroxylation is 2. The molecule has 2 aromatic heterocycles. The monoisotopic (exact) mass is 800 g/mol. The first-order chi connectivity index (χ1) is 27.3. The van der Waals surface area contributed by atoms with Gasteiger partial charge in [0.15, 0.2) is 0 Å². The standard InChI is InChI=1S/C43H38BClN4O7S/c1-5-8-22-9-6-12-28(37(22)50)36-26-14-15-27-35(41(53)48(39(27)51)25-11-7-10-23(17-25)44(55)56)30(26)19-31-40(52)49(42(54)43(31,36)3)34-20-32(46-47(34)4)38-21(2)29-18-24(45)13-16-33(29)57-38/h5-7,9-14,16-18,20,27,30-31,35-36,50,55-56H,1,8,15,19H2,2-4H3/t27-,30+,31-,35-,36+,43+/m0/s1. The number of phenolic OH excluding ortho intramolecular Hbond substituents is 1. The van der Waals surface area contributed by atoms with E-state index in [0.717, 1.165) is 31.0 Å². The van der Waals surface area contributed by atoms with Gasteiger partial charge in [0, 0.05) is 34.3 Å². The summed E-state index contributed by atoms with van der Waals surface area (Å²) in [4.78, 5) is 62.0. The summed E-state index contributed by atoms with van der Waals surface area (Å²) in [6.45, 7) is 7.62. The number of hydrogen-bond acceptors (Lipinski definition) is 9. The van der Waals surface area contributed by atoms with Gasteiger partial charge in [-0.2, -0.15) is 5.10 Å². The summed E-state index contributed by atoms with van der Waals surface area (Å²) in [5, 5.41) is 38.0. The van der Waals surface area contributed by atoms with Gasteiger partial charge < -0.3 is 15.2 Å². The van der Waals surface area contributed by atoms with Crippen molar-refractivity contribution in [3.63, 3.8) is 0 Å². The van der Waals surface area contributed by atoms with Crippen LogP contribution in [0.2, 0.25) is 5.02 Å². The zero-order valence-corrected chi connectivity index (χ0v) is 32.9. The van der Waals surface area contributed by atoms with E-state index in [1.54, 1.807) is 61.7 Å². The number of hydrogen-bond donors (Lipinski definition) is 3. The second kappa shape index (κ2) is 13.4. The normalized spacial score (nSPS) is 25.5. The van der Waals surface area contributed by atoms with Crippen LogP contribution in [0, 0.1) is 36.0 Å². The molecule has 5 aromatic rings. The zero-order valence-electron chi connectivity index (χ0n) is 31.3. The van der Waals surface area contributed by atoms with Crippen molar-refractivity contribution in [2.24, 2.45) is 36.1 Å². The molecule has 3 aromatic carbocycles. The van der Waals surface area contributed by atoms with Gasteiger partial charge in [-0.15, -0.1) is 17.9 Å². The summed E-state index contributed by atoms with van der Waals surface area (Å²) < 4.78 is 2.56. The van der Waals surface area contributed by atoms with Crippen LogP contribution in [0.3, 0.4) is 0 Å². The van der Waals surface area contributed by atoms with Crippen molar-refractivity contribution < 1.29 is 34.3 Å². The second-order valence-electron chi connectivity index (χ2n) is 15.7. The number of aromatic hydroxyl groups is 1. The lowest BCUT2D eigenvalue weighted by atomic mass is 9.51. The quantitative estimate of drug-likeness (QED) is 0.106. The maximum absolute atomic E-state index is 15.2. The molecule has 0 unspecified atom stereocenters. The number of aromatic nitrogens is 2. The molecule has 2 aliphatic heterocycles. The second-order valence-corrected chi connectivity index (χ2v) is 17.2. The number of fused-ring (bicyclic) bond motifs is 5. The van der Waals surface area contributed by atoms with Crippen molar-refractivity contribution in [3.8, 4) is 16.3 Å². The Balaban J connectivity index is 1.16. The lowest BCUT2D eigenvalue weighted by Crippen LogP contribution is -2.49. The molecule has 3 N–H and O–H groups in total. The average Bonchev–Trinajstić information content (AvgIpc) is 3.86. The molecule has 0 spiro atoms. The van der Waals surface area contributed by atoms with Gasteiger partial charge in [-0.1, -0.05) is 59.7 Å². The molecule has 2 aliphatic carbocycles. The molecule has 57 heavy (non-hydrogen) atoms. The van der Waals surface area contributed by atoms with Crippen LogP contribution >= 0.6 is 22.9 Å². The number of para-hydroxylation sites is 1. The first-order valence-corrected chi connectivity index (χ1v) is 20.0. The molecule has 3 fully saturated rings. The summed E-state index contributed by atoms with van der Waals surface area (Å²) >= 11 is 7.87. The largest absolute Gasteiger partial charge is 0.507 e. The van der Waals surface area contributed by atoms with Gasteiger partial charge in [-0.3, -0.25) is 28.8 Å². The zero-order chi connectivity index (χ0) is 40.2. The first kappa shape index (κ1) is 37.3. The Morgan fingerprint density at radius 2 is 1.77 bits per heavy atom. The topological polar surface area (TPSA) is 153 Å². The number of halogens is 1. The van der Waals surface area contributed by atoms with Gasteiger partial charge in [-0.25, -0.2) is 4.90 Å². The fourth-order valence-corrected chi connectivity index (χ4v) is 11.4. The molecule has 1 saturated carbocycles. The number of amides is 4. The molecule has 9 rings (SSSR count). The van der Waals surface area contributed by atoms with E-state index in [4.69, 9.17) is 16.7 Å². The molecular formula is C43H38BClN4O7S. The molecule has 14 heteroatoms. The highest BCUT2D eigenvalue weighted by Gasteiger charge is 2.68. The molecule has 2 saturated heterocycles. The van der Waals surface area contributed by atoms with Crippen LogP contribution in [0.4, 0.5) is 11.5 Å². The third-order valence-corrected chi connectivity index (χ3v) is 14.3. The smallest absolute Gasteiger partial charge is 0.488 e. The Bertz CT molecular complexity index is 2630. The van der Waals surface area contributed by atoms with Gasteiger partial charge >= 0.3 is 7.12 Å². The molecule has 11 nitrogen and oxygen atoms in total. The minimum absolute atomic E-state index is 0.0114. The third kappa shape index (κ3) is 5.36. The van der Waals surface area contributed by atoms with Crippen LogP contribution in [0.25, 0.3) is 20.7 Å². The van der Waals surface area contributed by atoms with Crippen LogP contribution in [0.1, 0.15) is 42.4 Å². The third-order valence-electron chi connectivity index (χ3n) is 12.7. The minimum atomic E-state index is -1.80. The lowest BCUT2D eigenvalue weighted by Gasteiger charge is -2.49. The number of carbonyl (C=O) groups is 4. The highest BCUT2D eigenvalue weighted by atomic mass is 35.5. The maximum Gasteiger partial charge on any atom is 0.488 e. The van der Waals surface area contributed by atoms with Crippen molar-refractivity contribution in [1.82, 2.24) is 9.78 Å². The Hall–Kier alpha value is -5.34. The molecule has 0 radical (unpaired) electrons. The van der Waals surface area contributed by atoms with Gasteiger partial charge in [0.1, 0.15) is 17.3 Å².